The average molecular weight is 204 g/mol. The maximum atomic E-state index is 11.3. The van der Waals surface area contributed by atoms with Gasteiger partial charge in [-0.1, -0.05) is 24.3 Å². The fourth-order valence-corrected chi connectivity index (χ4v) is 2.69. The first kappa shape index (κ1) is 8.71. The Morgan fingerprint density at radius 3 is 2.73 bits per heavy atom. The third-order valence-corrected chi connectivity index (χ3v) is 3.45. The Hall–Kier alpha value is -1.58. The van der Waals surface area contributed by atoms with Gasteiger partial charge in [0.05, 0.1) is 12.1 Å². The van der Waals surface area contributed by atoms with Crippen LogP contribution in [0.1, 0.15) is 6.42 Å². The van der Waals surface area contributed by atoms with Gasteiger partial charge in [0.15, 0.2) is 0 Å². The van der Waals surface area contributed by atoms with Crippen LogP contribution in [0.3, 0.4) is 0 Å². The zero-order chi connectivity index (χ0) is 10.4. The monoisotopic (exact) mass is 204 g/mol. The summed E-state index contributed by atoms with van der Waals surface area (Å²) in [5, 5.41) is 5.51. The van der Waals surface area contributed by atoms with Crippen LogP contribution in [0.15, 0.2) is 24.3 Å². The molecular formula is C11H12N2O2. The minimum Gasteiger partial charge on any atom is -0.342 e. The second-order valence-corrected chi connectivity index (χ2v) is 4.29. The quantitative estimate of drug-likeness (QED) is 0.421. The first-order valence-electron chi connectivity index (χ1n) is 5.22. The summed E-state index contributed by atoms with van der Waals surface area (Å²) in [6.45, 7) is 0. The predicted octanol–water partition coefficient (Wildman–Crippen LogP) is -0.268. The van der Waals surface area contributed by atoms with E-state index in [1.54, 1.807) is 0 Å². The standard InChI is InChI=1S/C11H12N2O2/c14-10-11(15)13-9-7-3-1-2-6(7)4-5-8(9)12-10/h1-2,4-9H,3H2,(H,12,14)(H,13,15). The van der Waals surface area contributed by atoms with Gasteiger partial charge in [-0.3, -0.25) is 9.59 Å². The van der Waals surface area contributed by atoms with E-state index >= 15 is 0 Å². The zero-order valence-corrected chi connectivity index (χ0v) is 8.14. The van der Waals surface area contributed by atoms with E-state index in [2.05, 4.69) is 28.9 Å². The lowest BCUT2D eigenvalue weighted by molar-refractivity contribution is -0.142. The molecule has 1 fully saturated rings. The summed E-state index contributed by atoms with van der Waals surface area (Å²) in [6.07, 6.45) is 9.39. The van der Waals surface area contributed by atoms with Crippen molar-refractivity contribution in [3.05, 3.63) is 24.3 Å². The van der Waals surface area contributed by atoms with Crippen LogP contribution in [0.4, 0.5) is 0 Å². The summed E-state index contributed by atoms with van der Waals surface area (Å²) >= 11 is 0. The van der Waals surface area contributed by atoms with Gasteiger partial charge in [0, 0.05) is 0 Å². The molecule has 2 amide bonds. The van der Waals surface area contributed by atoms with Crippen molar-refractivity contribution in [2.45, 2.75) is 18.5 Å². The van der Waals surface area contributed by atoms with Gasteiger partial charge < -0.3 is 10.6 Å². The summed E-state index contributed by atoms with van der Waals surface area (Å²) in [5.74, 6) is -0.200. The van der Waals surface area contributed by atoms with Crippen molar-refractivity contribution in [1.82, 2.24) is 10.6 Å². The molecule has 1 aliphatic heterocycles. The van der Waals surface area contributed by atoms with E-state index in [9.17, 15) is 9.59 Å². The van der Waals surface area contributed by atoms with Gasteiger partial charge in [-0.25, -0.2) is 0 Å². The first-order chi connectivity index (χ1) is 7.25. The number of carbonyl (C=O) groups excluding carboxylic acids is 2. The molecular weight excluding hydrogens is 192 g/mol. The highest BCUT2D eigenvalue weighted by Gasteiger charge is 2.42. The Kier molecular flexibility index (Phi) is 1.71. The molecule has 4 nitrogen and oxygen atoms in total. The zero-order valence-electron chi connectivity index (χ0n) is 8.14. The highest BCUT2D eigenvalue weighted by molar-refractivity contribution is 6.35. The lowest BCUT2D eigenvalue weighted by Crippen LogP contribution is -2.64. The Labute approximate surface area is 87.4 Å². The molecule has 1 saturated heterocycles. The van der Waals surface area contributed by atoms with Crippen molar-refractivity contribution in [2.75, 3.05) is 0 Å². The van der Waals surface area contributed by atoms with Crippen LogP contribution >= 0.6 is 0 Å². The molecule has 0 bridgehead atoms. The van der Waals surface area contributed by atoms with Crippen LogP contribution in [0, 0.1) is 11.8 Å². The average Bonchev–Trinajstić information content (AvgIpc) is 2.68. The summed E-state index contributed by atoms with van der Waals surface area (Å²) in [7, 11) is 0. The van der Waals surface area contributed by atoms with Crippen LogP contribution in [0.2, 0.25) is 0 Å². The van der Waals surface area contributed by atoms with Crippen molar-refractivity contribution in [2.24, 2.45) is 11.8 Å². The van der Waals surface area contributed by atoms with E-state index in [1.165, 1.54) is 0 Å². The fourth-order valence-electron chi connectivity index (χ4n) is 2.69. The molecule has 4 heteroatoms. The summed E-state index contributed by atoms with van der Waals surface area (Å²) in [4.78, 5) is 22.4. The Bertz CT molecular complexity index is 386. The molecule has 15 heavy (non-hydrogen) atoms. The van der Waals surface area contributed by atoms with Crippen molar-refractivity contribution < 1.29 is 9.59 Å². The van der Waals surface area contributed by atoms with Crippen LogP contribution in [0.5, 0.6) is 0 Å². The minimum absolute atomic E-state index is 0.0312. The highest BCUT2D eigenvalue weighted by Crippen LogP contribution is 2.34. The van der Waals surface area contributed by atoms with Crippen LogP contribution < -0.4 is 10.6 Å². The SMILES string of the molecule is O=C1NC2C=CC3C=CCC3C2NC1=O. The maximum absolute atomic E-state index is 11.3. The molecule has 0 radical (unpaired) electrons. The second kappa shape index (κ2) is 2.95. The lowest BCUT2D eigenvalue weighted by Gasteiger charge is -2.39. The number of amides is 2. The second-order valence-electron chi connectivity index (χ2n) is 4.29. The number of piperazine rings is 1. The molecule has 2 aliphatic carbocycles. The summed E-state index contributed by atoms with van der Waals surface area (Å²) < 4.78 is 0. The van der Waals surface area contributed by atoms with Gasteiger partial charge >= 0.3 is 11.8 Å². The molecule has 0 spiro atoms. The van der Waals surface area contributed by atoms with Crippen molar-refractivity contribution in [3.8, 4) is 0 Å². The van der Waals surface area contributed by atoms with Gasteiger partial charge in [-0.05, 0) is 18.3 Å². The molecule has 78 valence electrons. The van der Waals surface area contributed by atoms with E-state index in [1.807, 2.05) is 6.08 Å². The molecule has 0 saturated carbocycles. The minimum atomic E-state index is -0.523. The predicted molar refractivity (Wildman–Crippen MR) is 53.7 cm³/mol. The third-order valence-electron chi connectivity index (χ3n) is 3.45. The molecule has 0 aromatic heterocycles. The van der Waals surface area contributed by atoms with Crippen molar-refractivity contribution in [3.63, 3.8) is 0 Å². The van der Waals surface area contributed by atoms with E-state index in [0.717, 1.165) is 6.42 Å². The van der Waals surface area contributed by atoms with Crippen LogP contribution in [0.25, 0.3) is 0 Å². The number of rotatable bonds is 0. The van der Waals surface area contributed by atoms with Gasteiger partial charge in [-0.2, -0.15) is 0 Å². The number of nitrogens with one attached hydrogen (secondary N) is 2. The topological polar surface area (TPSA) is 58.2 Å². The van der Waals surface area contributed by atoms with Gasteiger partial charge in [0.2, 0.25) is 0 Å². The number of hydrogen-bond donors (Lipinski definition) is 2. The molecule has 1 heterocycles. The van der Waals surface area contributed by atoms with E-state index in [0.29, 0.717) is 11.8 Å². The maximum Gasteiger partial charge on any atom is 0.309 e. The molecule has 3 aliphatic rings. The largest absolute Gasteiger partial charge is 0.342 e. The molecule has 2 N–H and O–H groups in total. The molecule has 4 atom stereocenters. The molecule has 0 aromatic carbocycles. The molecule has 4 unspecified atom stereocenters. The van der Waals surface area contributed by atoms with Crippen LogP contribution in [-0.2, 0) is 9.59 Å². The first-order valence-corrected chi connectivity index (χ1v) is 5.22. The molecule has 0 aromatic rings. The Balaban J connectivity index is 1.90. The number of fused-ring (bicyclic) bond motifs is 3. The normalized spacial score (nSPS) is 41.9. The molecule has 3 rings (SSSR count). The van der Waals surface area contributed by atoms with E-state index < -0.39 is 11.8 Å². The number of hydrogen-bond acceptors (Lipinski definition) is 2. The summed E-state index contributed by atoms with van der Waals surface area (Å²) in [6, 6.07) is 0.0246. The highest BCUT2D eigenvalue weighted by atomic mass is 16.2. The van der Waals surface area contributed by atoms with E-state index in [-0.39, 0.29) is 12.1 Å². The van der Waals surface area contributed by atoms with Crippen molar-refractivity contribution in [1.29, 1.82) is 0 Å². The fraction of sp³-hybridized carbons (Fsp3) is 0.455. The number of allylic oxidation sites excluding steroid dienone is 3. The van der Waals surface area contributed by atoms with Gasteiger partial charge in [-0.15, -0.1) is 0 Å². The third kappa shape index (κ3) is 1.21. The lowest BCUT2D eigenvalue weighted by atomic mass is 9.78. The van der Waals surface area contributed by atoms with Gasteiger partial charge in [0.1, 0.15) is 0 Å². The number of carbonyl (C=O) groups is 2. The Morgan fingerprint density at radius 2 is 1.87 bits per heavy atom. The van der Waals surface area contributed by atoms with Crippen LogP contribution in [-0.4, -0.2) is 23.9 Å². The van der Waals surface area contributed by atoms with Crippen molar-refractivity contribution >= 4 is 11.8 Å². The van der Waals surface area contributed by atoms with Gasteiger partial charge in [0.25, 0.3) is 0 Å². The summed E-state index contributed by atoms with van der Waals surface area (Å²) in [5.41, 5.74) is 0. The Morgan fingerprint density at radius 1 is 1.07 bits per heavy atom. The van der Waals surface area contributed by atoms with E-state index in [4.69, 9.17) is 0 Å². The smallest absolute Gasteiger partial charge is 0.309 e.